The summed E-state index contributed by atoms with van der Waals surface area (Å²) in [5, 5.41) is 7.62. The molecule has 3 rings (SSSR count). The van der Waals surface area contributed by atoms with E-state index in [1.807, 2.05) is 24.3 Å². The van der Waals surface area contributed by atoms with Crippen molar-refractivity contribution in [1.82, 2.24) is 0 Å². The summed E-state index contributed by atoms with van der Waals surface area (Å²) < 4.78 is 5.40. The van der Waals surface area contributed by atoms with Crippen molar-refractivity contribution in [2.75, 3.05) is 24.8 Å². The van der Waals surface area contributed by atoms with Gasteiger partial charge in [-0.25, -0.2) is 0 Å². The Balaban J connectivity index is 1.72. The van der Waals surface area contributed by atoms with Crippen molar-refractivity contribution < 1.29 is 4.74 Å². The number of benzene rings is 1. The minimum absolute atomic E-state index is 0.621. The van der Waals surface area contributed by atoms with E-state index in [1.165, 1.54) is 5.71 Å². The van der Waals surface area contributed by atoms with E-state index in [2.05, 4.69) is 5.01 Å². The molecule has 18 heavy (non-hydrogen) atoms. The Kier molecular flexibility index (Phi) is 3.52. The minimum atomic E-state index is 0.621. The van der Waals surface area contributed by atoms with Gasteiger partial charge in [-0.05, 0) is 37.1 Å². The Bertz CT molecular complexity index is 438. The van der Waals surface area contributed by atoms with Gasteiger partial charge in [0, 0.05) is 42.8 Å². The van der Waals surface area contributed by atoms with Gasteiger partial charge in [0.2, 0.25) is 0 Å². The van der Waals surface area contributed by atoms with Crippen LogP contribution in [0.15, 0.2) is 29.4 Å². The van der Waals surface area contributed by atoms with Crippen molar-refractivity contribution in [2.24, 2.45) is 11.0 Å². The van der Waals surface area contributed by atoms with E-state index in [1.54, 1.807) is 0 Å². The van der Waals surface area contributed by atoms with E-state index >= 15 is 0 Å². The van der Waals surface area contributed by atoms with Crippen LogP contribution in [-0.4, -0.2) is 25.5 Å². The monoisotopic (exact) mass is 264 g/mol. The summed E-state index contributed by atoms with van der Waals surface area (Å²) in [4.78, 5) is 0. The number of hydrogen-bond donors (Lipinski definition) is 0. The third-order valence-corrected chi connectivity index (χ3v) is 3.90. The van der Waals surface area contributed by atoms with Crippen LogP contribution in [0.25, 0.3) is 0 Å². The lowest BCUT2D eigenvalue weighted by Gasteiger charge is -2.21. The maximum Gasteiger partial charge on any atom is 0.0595 e. The SMILES string of the molecule is Clc1ccc(N2CCC(C3CCOCC3)=N2)cc1. The molecule has 0 aliphatic carbocycles. The van der Waals surface area contributed by atoms with Gasteiger partial charge in [0.25, 0.3) is 0 Å². The highest BCUT2D eigenvalue weighted by Gasteiger charge is 2.25. The number of halogens is 1. The fourth-order valence-electron chi connectivity index (χ4n) is 2.59. The normalized spacial score (nSPS) is 21.2. The molecule has 1 saturated heterocycles. The molecule has 0 atom stereocenters. The zero-order valence-electron chi connectivity index (χ0n) is 10.3. The predicted octanol–water partition coefficient (Wildman–Crippen LogP) is 3.33. The summed E-state index contributed by atoms with van der Waals surface area (Å²) >= 11 is 5.90. The van der Waals surface area contributed by atoms with E-state index in [0.717, 1.165) is 49.7 Å². The van der Waals surface area contributed by atoms with Gasteiger partial charge >= 0.3 is 0 Å². The van der Waals surface area contributed by atoms with Crippen LogP contribution in [0.1, 0.15) is 19.3 Å². The molecule has 2 heterocycles. The van der Waals surface area contributed by atoms with E-state index in [-0.39, 0.29) is 0 Å². The molecule has 0 saturated carbocycles. The zero-order chi connectivity index (χ0) is 12.4. The number of hydrazone groups is 1. The number of hydrogen-bond acceptors (Lipinski definition) is 3. The van der Waals surface area contributed by atoms with Crippen molar-refractivity contribution in [1.29, 1.82) is 0 Å². The van der Waals surface area contributed by atoms with Gasteiger partial charge in [0.05, 0.1) is 5.69 Å². The Morgan fingerprint density at radius 2 is 1.89 bits per heavy atom. The molecule has 0 bridgehead atoms. The highest BCUT2D eigenvalue weighted by Crippen LogP contribution is 2.26. The molecule has 4 heteroatoms. The Morgan fingerprint density at radius 3 is 2.61 bits per heavy atom. The van der Waals surface area contributed by atoms with Gasteiger partial charge < -0.3 is 4.74 Å². The molecule has 0 unspecified atom stereocenters. The van der Waals surface area contributed by atoms with Crippen LogP contribution in [0.3, 0.4) is 0 Å². The fourth-order valence-corrected chi connectivity index (χ4v) is 2.72. The van der Waals surface area contributed by atoms with Crippen LogP contribution in [0, 0.1) is 5.92 Å². The largest absolute Gasteiger partial charge is 0.381 e. The third kappa shape index (κ3) is 2.52. The number of rotatable bonds is 2. The fraction of sp³-hybridized carbons (Fsp3) is 0.500. The molecule has 0 aromatic heterocycles. The van der Waals surface area contributed by atoms with Gasteiger partial charge in [-0.1, -0.05) is 11.6 Å². The van der Waals surface area contributed by atoms with Crippen molar-refractivity contribution in [3.05, 3.63) is 29.3 Å². The molecule has 1 aromatic rings. The van der Waals surface area contributed by atoms with Crippen LogP contribution in [-0.2, 0) is 4.74 Å². The second kappa shape index (κ2) is 5.29. The molecule has 2 aliphatic rings. The van der Waals surface area contributed by atoms with E-state index in [0.29, 0.717) is 5.92 Å². The third-order valence-electron chi connectivity index (χ3n) is 3.65. The quantitative estimate of drug-likeness (QED) is 0.819. The summed E-state index contributed by atoms with van der Waals surface area (Å²) in [5.41, 5.74) is 2.47. The van der Waals surface area contributed by atoms with E-state index in [9.17, 15) is 0 Å². The van der Waals surface area contributed by atoms with Crippen LogP contribution < -0.4 is 5.01 Å². The van der Waals surface area contributed by atoms with Gasteiger partial charge in [-0.15, -0.1) is 0 Å². The summed E-state index contributed by atoms with van der Waals surface area (Å²) in [6, 6.07) is 7.88. The lowest BCUT2D eigenvalue weighted by molar-refractivity contribution is 0.0825. The second-order valence-electron chi connectivity index (χ2n) is 4.83. The van der Waals surface area contributed by atoms with Crippen molar-refractivity contribution >= 4 is 23.0 Å². The lowest BCUT2D eigenvalue weighted by atomic mass is 9.93. The molecular weight excluding hydrogens is 248 g/mol. The highest BCUT2D eigenvalue weighted by atomic mass is 35.5. The first-order chi connectivity index (χ1) is 8.83. The van der Waals surface area contributed by atoms with Crippen molar-refractivity contribution in [2.45, 2.75) is 19.3 Å². The summed E-state index contributed by atoms with van der Waals surface area (Å²) in [6.45, 7) is 2.74. The van der Waals surface area contributed by atoms with Crippen molar-refractivity contribution in [3.63, 3.8) is 0 Å². The summed E-state index contributed by atoms with van der Waals surface area (Å²) in [6.07, 6.45) is 3.31. The van der Waals surface area contributed by atoms with Crippen LogP contribution in [0.2, 0.25) is 5.02 Å². The molecule has 1 fully saturated rings. The topological polar surface area (TPSA) is 24.8 Å². The second-order valence-corrected chi connectivity index (χ2v) is 5.26. The smallest absolute Gasteiger partial charge is 0.0595 e. The molecule has 2 aliphatic heterocycles. The average molecular weight is 265 g/mol. The van der Waals surface area contributed by atoms with Crippen molar-refractivity contribution in [3.8, 4) is 0 Å². The minimum Gasteiger partial charge on any atom is -0.381 e. The number of anilines is 1. The zero-order valence-corrected chi connectivity index (χ0v) is 11.1. The Morgan fingerprint density at radius 1 is 1.17 bits per heavy atom. The molecular formula is C14H17ClN2O. The van der Waals surface area contributed by atoms with Crippen LogP contribution >= 0.6 is 11.6 Å². The molecule has 96 valence electrons. The Hall–Kier alpha value is -1.06. The first-order valence-corrected chi connectivity index (χ1v) is 6.89. The molecule has 3 nitrogen and oxygen atoms in total. The van der Waals surface area contributed by atoms with Gasteiger partial charge in [-0.3, -0.25) is 5.01 Å². The van der Waals surface area contributed by atoms with Gasteiger partial charge in [0.15, 0.2) is 0 Å². The van der Waals surface area contributed by atoms with E-state index in [4.69, 9.17) is 21.4 Å². The Labute approximate surface area is 112 Å². The molecule has 0 radical (unpaired) electrons. The molecule has 0 spiro atoms. The first-order valence-electron chi connectivity index (χ1n) is 6.51. The maximum atomic E-state index is 5.90. The standard InChI is InChI=1S/C14H17ClN2O/c15-12-1-3-13(4-2-12)17-8-5-14(16-17)11-6-9-18-10-7-11/h1-4,11H,5-10H2. The van der Waals surface area contributed by atoms with Crippen LogP contribution in [0.4, 0.5) is 5.69 Å². The number of ether oxygens (including phenoxy) is 1. The lowest BCUT2D eigenvalue weighted by Crippen LogP contribution is -2.22. The maximum absolute atomic E-state index is 5.90. The first kappa shape index (κ1) is 12.0. The molecule has 1 aromatic carbocycles. The average Bonchev–Trinajstić information content (AvgIpc) is 2.90. The van der Waals surface area contributed by atoms with E-state index < -0.39 is 0 Å². The summed E-state index contributed by atoms with van der Waals surface area (Å²) in [7, 11) is 0. The van der Waals surface area contributed by atoms with Gasteiger partial charge in [-0.2, -0.15) is 5.10 Å². The van der Waals surface area contributed by atoms with Gasteiger partial charge in [0.1, 0.15) is 0 Å². The van der Waals surface area contributed by atoms with Crippen LogP contribution in [0.5, 0.6) is 0 Å². The summed E-state index contributed by atoms with van der Waals surface area (Å²) in [5.74, 6) is 0.621. The number of nitrogens with zero attached hydrogens (tertiary/aromatic N) is 2. The molecule has 0 N–H and O–H groups in total. The predicted molar refractivity (Wildman–Crippen MR) is 74.4 cm³/mol. The molecule has 0 amide bonds. The highest BCUT2D eigenvalue weighted by molar-refractivity contribution is 6.30.